The van der Waals surface area contributed by atoms with Crippen LogP contribution in [0.25, 0.3) is 0 Å². The maximum absolute atomic E-state index is 9.54. The highest BCUT2D eigenvalue weighted by atomic mass is 15.2. The third kappa shape index (κ3) is 3.37. The second kappa shape index (κ2) is 6.06. The van der Waals surface area contributed by atoms with Crippen LogP contribution in [0.1, 0.15) is 66.7 Å². The van der Waals surface area contributed by atoms with Gasteiger partial charge in [-0.05, 0) is 62.8 Å². The van der Waals surface area contributed by atoms with E-state index in [2.05, 4.69) is 45.6 Å². The van der Waals surface area contributed by atoms with Crippen LogP contribution >= 0.6 is 0 Å². The largest absolute Gasteiger partial charge is 0.296 e. The van der Waals surface area contributed by atoms with Crippen molar-refractivity contribution in [2.45, 2.75) is 78.8 Å². The summed E-state index contributed by atoms with van der Waals surface area (Å²) in [6.07, 6.45) is 6.16. The predicted molar refractivity (Wildman–Crippen MR) is 84.3 cm³/mol. The molecule has 20 heavy (non-hydrogen) atoms. The Bertz CT molecular complexity index is 363. The Morgan fingerprint density at radius 1 is 1.05 bits per heavy atom. The minimum absolute atomic E-state index is 0.254. The Balaban J connectivity index is 2.11. The molecule has 0 radical (unpaired) electrons. The quantitative estimate of drug-likeness (QED) is 0.707. The molecule has 2 heteroatoms. The summed E-state index contributed by atoms with van der Waals surface area (Å²) in [5.41, 5.74) is 0.380. The van der Waals surface area contributed by atoms with Gasteiger partial charge in [0.2, 0.25) is 0 Å². The lowest BCUT2D eigenvalue weighted by molar-refractivity contribution is 0.0116. The fourth-order valence-electron chi connectivity index (χ4n) is 4.37. The summed E-state index contributed by atoms with van der Waals surface area (Å²) in [5, 5.41) is 9.54. The summed E-state index contributed by atoms with van der Waals surface area (Å²) >= 11 is 0. The summed E-state index contributed by atoms with van der Waals surface area (Å²) in [6, 6.07) is 3.77. The molecule has 1 saturated heterocycles. The third-order valence-electron chi connectivity index (χ3n) is 5.82. The van der Waals surface area contributed by atoms with Crippen LogP contribution in [0, 0.1) is 34.5 Å². The van der Waals surface area contributed by atoms with Crippen LogP contribution in [0.5, 0.6) is 0 Å². The van der Waals surface area contributed by atoms with Crippen molar-refractivity contribution in [3.05, 3.63) is 0 Å². The summed E-state index contributed by atoms with van der Waals surface area (Å²) in [5.74, 6) is 1.87. The van der Waals surface area contributed by atoms with E-state index in [1.54, 1.807) is 0 Å². The second-order valence-electron chi connectivity index (χ2n) is 8.40. The van der Waals surface area contributed by atoms with Crippen molar-refractivity contribution < 1.29 is 0 Å². The molecule has 114 valence electrons. The zero-order valence-corrected chi connectivity index (χ0v) is 14.0. The lowest BCUT2D eigenvalue weighted by Gasteiger charge is -2.48. The summed E-state index contributed by atoms with van der Waals surface area (Å²) in [6.45, 7) is 13.0. The molecule has 2 nitrogen and oxygen atoms in total. The Hall–Kier alpha value is -0.550. The number of piperidine rings is 1. The van der Waals surface area contributed by atoms with Gasteiger partial charge in [0.15, 0.2) is 0 Å². The van der Waals surface area contributed by atoms with E-state index in [1.165, 1.54) is 32.2 Å². The third-order valence-corrected chi connectivity index (χ3v) is 5.82. The smallest absolute Gasteiger partial charge is 0.0672 e. The zero-order chi connectivity index (χ0) is 14.9. The molecule has 2 aliphatic rings. The maximum atomic E-state index is 9.54. The Morgan fingerprint density at radius 2 is 1.75 bits per heavy atom. The van der Waals surface area contributed by atoms with Crippen molar-refractivity contribution in [2.24, 2.45) is 23.2 Å². The molecule has 5 atom stereocenters. The Labute approximate surface area is 125 Å². The van der Waals surface area contributed by atoms with Crippen LogP contribution in [0.4, 0.5) is 0 Å². The molecule has 0 aromatic rings. The van der Waals surface area contributed by atoms with E-state index in [9.17, 15) is 5.26 Å². The van der Waals surface area contributed by atoms with Gasteiger partial charge >= 0.3 is 0 Å². The van der Waals surface area contributed by atoms with Gasteiger partial charge in [0.25, 0.3) is 0 Å². The van der Waals surface area contributed by atoms with Gasteiger partial charge in [-0.1, -0.05) is 27.7 Å². The van der Waals surface area contributed by atoms with Crippen molar-refractivity contribution in [1.82, 2.24) is 4.90 Å². The van der Waals surface area contributed by atoms with E-state index in [1.807, 2.05) is 0 Å². The monoisotopic (exact) mass is 276 g/mol. The molecule has 1 saturated carbocycles. The molecule has 0 amide bonds. The van der Waals surface area contributed by atoms with E-state index in [-0.39, 0.29) is 5.92 Å². The number of hydrogen-bond acceptors (Lipinski definition) is 2. The number of nitriles is 1. The first-order valence-corrected chi connectivity index (χ1v) is 8.48. The topological polar surface area (TPSA) is 27.0 Å². The van der Waals surface area contributed by atoms with Gasteiger partial charge in [-0.15, -0.1) is 0 Å². The summed E-state index contributed by atoms with van der Waals surface area (Å²) < 4.78 is 0. The van der Waals surface area contributed by atoms with Crippen molar-refractivity contribution in [2.75, 3.05) is 6.54 Å². The van der Waals surface area contributed by atoms with E-state index < -0.39 is 0 Å². The first-order valence-electron chi connectivity index (χ1n) is 8.48. The Morgan fingerprint density at radius 3 is 2.30 bits per heavy atom. The average Bonchev–Trinajstić information content (AvgIpc) is 2.37. The highest BCUT2D eigenvalue weighted by Gasteiger charge is 2.40. The van der Waals surface area contributed by atoms with Crippen LogP contribution in [-0.4, -0.2) is 23.5 Å². The minimum atomic E-state index is 0.254. The molecule has 1 aliphatic carbocycles. The van der Waals surface area contributed by atoms with Gasteiger partial charge in [-0.3, -0.25) is 4.90 Å². The predicted octanol–water partition coefficient (Wildman–Crippen LogP) is 4.46. The van der Waals surface area contributed by atoms with Crippen LogP contribution in [-0.2, 0) is 0 Å². The van der Waals surface area contributed by atoms with Crippen LogP contribution in [0.2, 0.25) is 0 Å². The average molecular weight is 276 g/mol. The lowest BCUT2D eigenvalue weighted by Crippen LogP contribution is -2.52. The zero-order valence-electron chi connectivity index (χ0n) is 14.0. The van der Waals surface area contributed by atoms with Crippen molar-refractivity contribution in [3.63, 3.8) is 0 Å². The standard InChI is InChI=1S/C18H32N2/c1-13-8-9-20(14(2)10-13)17-11-16(18(3,4)5)7-6-15(17)12-19/h13-17H,6-11H2,1-5H3. The Kier molecular flexibility index (Phi) is 4.80. The molecular weight excluding hydrogens is 244 g/mol. The fourth-order valence-corrected chi connectivity index (χ4v) is 4.37. The normalized spacial score (nSPS) is 40.3. The molecule has 0 bridgehead atoms. The SMILES string of the molecule is CC1CCN(C2CC(C(C)(C)C)CCC2C#N)C(C)C1. The van der Waals surface area contributed by atoms with Crippen molar-refractivity contribution in [1.29, 1.82) is 5.26 Å². The first kappa shape index (κ1) is 15.8. The van der Waals surface area contributed by atoms with Gasteiger partial charge in [0, 0.05) is 12.1 Å². The van der Waals surface area contributed by atoms with Gasteiger partial charge < -0.3 is 0 Å². The lowest BCUT2D eigenvalue weighted by atomic mass is 9.67. The number of likely N-dealkylation sites (tertiary alicyclic amines) is 1. The first-order chi connectivity index (χ1) is 9.32. The summed E-state index contributed by atoms with van der Waals surface area (Å²) in [7, 11) is 0. The highest BCUT2D eigenvalue weighted by molar-refractivity contribution is 5.01. The van der Waals surface area contributed by atoms with E-state index in [0.29, 0.717) is 17.5 Å². The minimum Gasteiger partial charge on any atom is -0.296 e. The molecule has 2 rings (SSSR count). The molecule has 0 spiro atoms. The van der Waals surface area contributed by atoms with Gasteiger partial charge in [0.1, 0.15) is 0 Å². The number of rotatable bonds is 1. The van der Waals surface area contributed by atoms with Gasteiger partial charge in [-0.2, -0.15) is 5.26 Å². The number of hydrogen-bond donors (Lipinski definition) is 0. The molecule has 0 N–H and O–H groups in total. The van der Waals surface area contributed by atoms with Crippen molar-refractivity contribution >= 4 is 0 Å². The van der Waals surface area contributed by atoms with E-state index >= 15 is 0 Å². The van der Waals surface area contributed by atoms with Gasteiger partial charge in [0.05, 0.1) is 12.0 Å². The number of nitrogens with zero attached hydrogens (tertiary/aromatic N) is 2. The molecule has 1 heterocycles. The molecular formula is C18H32N2. The second-order valence-corrected chi connectivity index (χ2v) is 8.40. The molecule has 0 aromatic carbocycles. The van der Waals surface area contributed by atoms with E-state index in [0.717, 1.165) is 18.3 Å². The van der Waals surface area contributed by atoms with E-state index in [4.69, 9.17) is 0 Å². The summed E-state index contributed by atoms with van der Waals surface area (Å²) in [4.78, 5) is 2.67. The van der Waals surface area contributed by atoms with Gasteiger partial charge in [-0.25, -0.2) is 0 Å². The molecule has 0 aromatic heterocycles. The highest BCUT2D eigenvalue weighted by Crippen LogP contribution is 2.43. The molecule has 2 fully saturated rings. The fraction of sp³-hybridized carbons (Fsp3) is 0.944. The van der Waals surface area contributed by atoms with Crippen LogP contribution in [0.3, 0.4) is 0 Å². The molecule has 1 aliphatic heterocycles. The van der Waals surface area contributed by atoms with Crippen LogP contribution < -0.4 is 0 Å². The van der Waals surface area contributed by atoms with Crippen LogP contribution in [0.15, 0.2) is 0 Å². The molecule has 5 unspecified atom stereocenters. The maximum Gasteiger partial charge on any atom is 0.0672 e. The van der Waals surface area contributed by atoms with Crippen molar-refractivity contribution in [3.8, 4) is 6.07 Å².